The highest BCUT2D eigenvalue weighted by atomic mass is 15.2. The number of nitrogens with one attached hydrogen (secondary N) is 1. The van der Waals surface area contributed by atoms with Gasteiger partial charge in [0.1, 0.15) is 5.82 Å². The highest BCUT2D eigenvalue weighted by Crippen LogP contribution is 2.41. The minimum absolute atomic E-state index is 0.326. The monoisotopic (exact) mass is 276 g/mol. The van der Waals surface area contributed by atoms with Gasteiger partial charge in [-0.25, -0.2) is 4.98 Å². The van der Waals surface area contributed by atoms with E-state index in [1.165, 1.54) is 31.6 Å². The predicted molar refractivity (Wildman–Crippen MR) is 81.7 cm³/mol. The standard InChI is InChI=1S/C16H28N4/c1-13-6-8-18-16(2,14-4-5-14)12-20(13)10-7-15-17-9-11-19(15)3/h9,11,13-14,18H,4-8,10,12H2,1-3H3. The van der Waals surface area contributed by atoms with E-state index in [1.807, 2.05) is 12.4 Å². The molecule has 112 valence electrons. The summed E-state index contributed by atoms with van der Waals surface area (Å²) in [6.45, 7) is 8.27. The van der Waals surface area contributed by atoms with E-state index in [0.717, 1.165) is 25.4 Å². The van der Waals surface area contributed by atoms with Gasteiger partial charge >= 0.3 is 0 Å². The van der Waals surface area contributed by atoms with Crippen LogP contribution in [0.15, 0.2) is 12.4 Å². The molecule has 2 unspecified atom stereocenters. The average molecular weight is 276 g/mol. The Hall–Kier alpha value is -0.870. The molecule has 1 saturated carbocycles. The highest BCUT2D eigenvalue weighted by molar-refractivity contribution is 5.02. The lowest BCUT2D eigenvalue weighted by molar-refractivity contribution is 0.163. The molecule has 1 aliphatic carbocycles. The lowest BCUT2D eigenvalue weighted by atomic mass is 9.95. The molecule has 0 aromatic carbocycles. The van der Waals surface area contributed by atoms with Crippen molar-refractivity contribution >= 4 is 0 Å². The van der Waals surface area contributed by atoms with E-state index in [0.29, 0.717) is 11.6 Å². The summed E-state index contributed by atoms with van der Waals surface area (Å²) in [7, 11) is 2.09. The summed E-state index contributed by atoms with van der Waals surface area (Å²) >= 11 is 0. The van der Waals surface area contributed by atoms with Gasteiger partial charge in [-0.15, -0.1) is 0 Å². The summed E-state index contributed by atoms with van der Waals surface area (Å²) in [5.41, 5.74) is 0.326. The van der Waals surface area contributed by atoms with Crippen molar-refractivity contribution in [1.29, 1.82) is 0 Å². The molecule has 2 atom stereocenters. The fourth-order valence-electron chi connectivity index (χ4n) is 3.56. The molecule has 0 amide bonds. The minimum atomic E-state index is 0.326. The van der Waals surface area contributed by atoms with Crippen LogP contribution >= 0.6 is 0 Å². The van der Waals surface area contributed by atoms with Crippen LogP contribution in [0.2, 0.25) is 0 Å². The third-order valence-corrected chi connectivity index (χ3v) is 5.27. The molecule has 2 aliphatic rings. The largest absolute Gasteiger partial charge is 0.338 e. The van der Waals surface area contributed by atoms with Gasteiger partial charge in [0.25, 0.3) is 0 Å². The van der Waals surface area contributed by atoms with Crippen LogP contribution in [-0.4, -0.2) is 45.7 Å². The molecule has 1 aromatic rings. The number of rotatable bonds is 4. The van der Waals surface area contributed by atoms with E-state index in [-0.39, 0.29) is 0 Å². The minimum Gasteiger partial charge on any atom is -0.338 e. The number of aromatic nitrogens is 2. The van der Waals surface area contributed by atoms with Crippen molar-refractivity contribution in [3.8, 4) is 0 Å². The zero-order valence-corrected chi connectivity index (χ0v) is 13.1. The van der Waals surface area contributed by atoms with E-state index in [9.17, 15) is 0 Å². The fourth-order valence-corrected chi connectivity index (χ4v) is 3.56. The summed E-state index contributed by atoms with van der Waals surface area (Å²) in [6, 6.07) is 0.670. The van der Waals surface area contributed by atoms with E-state index >= 15 is 0 Å². The van der Waals surface area contributed by atoms with Gasteiger partial charge in [0.2, 0.25) is 0 Å². The van der Waals surface area contributed by atoms with Crippen LogP contribution in [0, 0.1) is 5.92 Å². The van der Waals surface area contributed by atoms with Crippen molar-refractivity contribution < 1.29 is 0 Å². The van der Waals surface area contributed by atoms with Gasteiger partial charge < -0.3 is 9.88 Å². The first kappa shape index (κ1) is 14.1. The first-order chi connectivity index (χ1) is 9.58. The Labute approximate surface area is 122 Å². The third-order valence-electron chi connectivity index (χ3n) is 5.27. The van der Waals surface area contributed by atoms with Crippen LogP contribution in [0.1, 0.15) is 38.9 Å². The number of hydrogen-bond acceptors (Lipinski definition) is 3. The van der Waals surface area contributed by atoms with Crippen LogP contribution in [0.25, 0.3) is 0 Å². The maximum absolute atomic E-state index is 4.45. The Morgan fingerprint density at radius 3 is 2.85 bits per heavy atom. The van der Waals surface area contributed by atoms with Crippen LogP contribution < -0.4 is 5.32 Å². The molecule has 4 heteroatoms. The molecule has 1 aromatic heterocycles. The molecule has 20 heavy (non-hydrogen) atoms. The van der Waals surface area contributed by atoms with Crippen molar-refractivity contribution in [2.45, 2.75) is 51.1 Å². The molecule has 0 bridgehead atoms. The smallest absolute Gasteiger partial charge is 0.109 e. The Morgan fingerprint density at radius 2 is 2.20 bits per heavy atom. The summed E-state index contributed by atoms with van der Waals surface area (Å²) in [4.78, 5) is 7.13. The fraction of sp³-hybridized carbons (Fsp3) is 0.812. The predicted octanol–water partition coefficient (Wildman–Crippen LogP) is 1.82. The number of hydrogen-bond donors (Lipinski definition) is 1. The van der Waals surface area contributed by atoms with Crippen molar-refractivity contribution in [2.24, 2.45) is 13.0 Å². The molecule has 1 saturated heterocycles. The molecule has 2 heterocycles. The molecule has 0 spiro atoms. The molecule has 1 N–H and O–H groups in total. The second-order valence-electron chi connectivity index (χ2n) is 6.93. The quantitative estimate of drug-likeness (QED) is 0.910. The second kappa shape index (κ2) is 5.49. The van der Waals surface area contributed by atoms with Gasteiger partial charge in [0.05, 0.1) is 0 Å². The van der Waals surface area contributed by atoms with E-state index < -0.39 is 0 Å². The highest BCUT2D eigenvalue weighted by Gasteiger charge is 2.43. The molecular formula is C16H28N4. The summed E-state index contributed by atoms with van der Waals surface area (Å²) in [5.74, 6) is 2.09. The van der Waals surface area contributed by atoms with E-state index in [4.69, 9.17) is 0 Å². The van der Waals surface area contributed by atoms with Crippen LogP contribution in [0.4, 0.5) is 0 Å². The van der Waals surface area contributed by atoms with Gasteiger partial charge in [0.15, 0.2) is 0 Å². The number of imidazole rings is 1. The molecule has 4 nitrogen and oxygen atoms in total. The van der Waals surface area contributed by atoms with Crippen molar-refractivity contribution in [1.82, 2.24) is 19.8 Å². The topological polar surface area (TPSA) is 33.1 Å². The normalized spacial score (nSPS) is 32.2. The maximum atomic E-state index is 4.45. The summed E-state index contributed by atoms with van der Waals surface area (Å²) < 4.78 is 2.14. The van der Waals surface area contributed by atoms with Crippen molar-refractivity contribution in [3.05, 3.63) is 18.2 Å². The third kappa shape index (κ3) is 2.91. The van der Waals surface area contributed by atoms with Gasteiger partial charge in [-0.3, -0.25) is 4.90 Å². The first-order valence-corrected chi connectivity index (χ1v) is 8.04. The van der Waals surface area contributed by atoms with Gasteiger partial charge in [0, 0.05) is 50.5 Å². The Balaban J connectivity index is 1.64. The average Bonchev–Trinajstić information content (AvgIpc) is 3.20. The molecule has 3 rings (SSSR count). The molecular weight excluding hydrogens is 248 g/mol. The zero-order chi connectivity index (χ0) is 14.2. The van der Waals surface area contributed by atoms with Gasteiger partial charge in [-0.2, -0.15) is 0 Å². The second-order valence-corrected chi connectivity index (χ2v) is 6.93. The maximum Gasteiger partial charge on any atom is 0.109 e. The van der Waals surface area contributed by atoms with Crippen LogP contribution in [0.3, 0.4) is 0 Å². The summed E-state index contributed by atoms with van der Waals surface area (Å²) in [6.07, 6.45) is 9.06. The Bertz CT molecular complexity index is 451. The van der Waals surface area contributed by atoms with Crippen LogP contribution in [0.5, 0.6) is 0 Å². The SMILES string of the molecule is CC1CCNC(C)(C2CC2)CN1CCc1nccn1C. The number of nitrogens with zero attached hydrogens (tertiary/aromatic N) is 3. The van der Waals surface area contributed by atoms with Gasteiger partial charge in [-0.05, 0) is 45.6 Å². The van der Waals surface area contributed by atoms with Crippen LogP contribution in [-0.2, 0) is 13.5 Å². The first-order valence-electron chi connectivity index (χ1n) is 8.04. The molecule has 2 fully saturated rings. The number of aryl methyl sites for hydroxylation is 1. The lowest BCUT2D eigenvalue weighted by Gasteiger charge is -2.35. The molecule has 1 aliphatic heterocycles. The zero-order valence-electron chi connectivity index (χ0n) is 13.1. The van der Waals surface area contributed by atoms with E-state index in [2.05, 4.69) is 40.7 Å². The Morgan fingerprint density at radius 1 is 1.40 bits per heavy atom. The summed E-state index contributed by atoms with van der Waals surface area (Å²) in [5, 5.41) is 3.82. The molecule has 0 radical (unpaired) electrons. The van der Waals surface area contributed by atoms with Crippen molar-refractivity contribution in [2.75, 3.05) is 19.6 Å². The van der Waals surface area contributed by atoms with Gasteiger partial charge in [-0.1, -0.05) is 0 Å². The van der Waals surface area contributed by atoms with Crippen molar-refractivity contribution in [3.63, 3.8) is 0 Å². The van der Waals surface area contributed by atoms with E-state index in [1.54, 1.807) is 0 Å². The lowest BCUT2D eigenvalue weighted by Crippen LogP contribution is -2.52. The Kier molecular flexibility index (Phi) is 3.87.